The van der Waals surface area contributed by atoms with E-state index in [4.69, 9.17) is 5.73 Å². The summed E-state index contributed by atoms with van der Waals surface area (Å²) in [5, 5.41) is 0.216. The zero-order valence-corrected chi connectivity index (χ0v) is 11.5. The molecule has 19 heavy (non-hydrogen) atoms. The van der Waals surface area contributed by atoms with E-state index < -0.39 is 6.36 Å². The summed E-state index contributed by atoms with van der Waals surface area (Å²) < 4.78 is 40.6. The van der Waals surface area contributed by atoms with E-state index >= 15 is 0 Å². The first-order chi connectivity index (χ1) is 8.78. The van der Waals surface area contributed by atoms with Gasteiger partial charge in [-0.15, -0.1) is 13.2 Å². The Morgan fingerprint density at radius 3 is 2.63 bits per heavy atom. The molecule has 6 heteroatoms. The van der Waals surface area contributed by atoms with Gasteiger partial charge in [-0.3, -0.25) is 0 Å². The van der Waals surface area contributed by atoms with Crippen LogP contribution in [-0.2, 0) is 5.75 Å². The molecule has 2 N–H and O–H groups in total. The molecule has 0 aliphatic carbocycles. The summed E-state index contributed by atoms with van der Waals surface area (Å²) in [6.45, 7) is 4.14. The van der Waals surface area contributed by atoms with Gasteiger partial charge in [0.25, 0.3) is 0 Å². The summed E-state index contributed by atoms with van der Waals surface area (Å²) in [5.74, 6) is 0.953. The van der Waals surface area contributed by atoms with Crippen LogP contribution in [-0.4, -0.2) is 11.6 Å². The molecule has 0 fully saturated rings. The van der Waals surface area contributed by atoms with E-state index in [9.17, 15) is 13.2 Å². The zero-order chi connectivity index (χ0) is 14.2. The topological polar surface area (TPSA) is 35.2 Å². The summed E-state index contributed by atoms with van der Waals surface area (Å²) in [4.78, 5) is 0. The van der Waals surface area contributed by atoms with Crippen molar-refractivity contribution in [2.24, 2.45) is 11.7 Å². The average Bonchev–Trinajstić information content (AvgIpc) is 2.27. The highest BCUT2D eigenvalue weighted by molar-refractivity contribution is 7.99. The normalized spacial score (nSPS) is 23.3. The number of hydrogen-bond donors (Lipinski definition) is 1. The van der Waals surface area contributed by atoms with Gasteiger partial charge in [-0.1, -0.05) is 19.9 Å². The van der Waals surface area contributed by atoms with E-state index in [2.05, 4.69) is 18.6 Å². The Morgan fingerprint density at radius 1 is 1.37 bits per heavy atom. The van der Waals surface area contributed by atoms with Gasteiger partial charge in [-0.05, 0) is 29.2 Å². The fraction of sp³-hybridized carbons (Fsp3) is 0.538. The Kier molecular flexibility index (Phi) is 4.01. The minimum absolute atomic E-state index is 0.198. The van der Waals surface area contributed by atoms with Crippen molar-refractivity contribution >= 4 is 11.8 Å². The molecule has 2 unspecified atom stereocenters. The van der Waals surface area contributed by atoms with Gasteiger partial charge in [0.15, 0.2) is 0 Å². The molecule has 0 spiro atoms. The quantitative estimate of drug-likeness (QED) is 0.898. The summed E-state index contributed by atoms with van der Waals surface area (Å²) in [7, 11) is 0. The molecule has 1 aromatic carbocycles. The van der Waals surface area contributed by atoms with Crippen LogP contribution in [0.4, 0.5) is 13.2 Å². The maximum atomic E-state index is 12.2. The Labute approximate surface area is 114 Å². The van der Waals surface area contributed by atoms with E-state index in [1.54, 1.807) is 17.8 Å². The predicted octanol–water partition coefficient (Wildman–Crippen LogP) is 3.86. The Bertz CT molecular complexity index is 462. The first-order valence-electron chi connectivity index (χ1n) is 6.03. The molecule has 0 radical (unpaired) electrons. The van der Waals surface area contributed by atoms with E-state index in [1.807, 2.05) is 0 Å². The molecule has 0 saturated carbocycles. The molecule has 0 aromatic heterocycles. The van der Waals surface area contributed by atoms with E-state index in [0.29, 0.717) is 5.92 Å². The fourth-order valence-corrected chi connectivity index (χ4v) is 3.66. The molecule has 0 bridgehead atoms. The third-order valence-corrected chi connectivity index (χ3v) is 4.85. The number of ether oxygens (including phenoxy) is 1. The Hall–Kier alpha value is -0.880. The number of hydrogen-bond acceptors (Lipinski definition) is 3. The van der Waals surface area contributed by atoms with Crippen molar-refractivity contribution in [1.82, 2.24) is 0 Å². The lowest BCUT2D eigenvalue weighted by molar-refractivity contribution is -0.274. The van der Waals surface area contributed by atoms with Gasteiger partial charge in [0.1, 0.15) is 5.75 Å². The van der Waals surface area contributed by atoms with Crippen molar-refractivity contribution in [2.75, 3.05) is 0 Å². The van der Waals surface area contributed by atoms with Crippen molar-refractivity contribution in [3.63, 3.8) is 0 Å². The highest BCUT2D eigenvalue weighted by Crippen LogP contribution is 2.41. The molecule has 0 amide bonds. The molecule has 1 aromatic rings. The third-order valence-electron chi connectivity index (χ3n) is 3.15. The van der Waals surface area contributed by atoms with Crippen LogP contribution in [0.5, 0.6) is 5.75 Å². The largest absolute Gasteiger partial charge is 0.573 e. The maximum Gasteiger partial charge on any atom is 0.573 e. The smallest absolute Gasteiger partial charge is 0.406 e. The molecule has 1 heterocycles. The number of benzene rings is 1. The molecule has 1 aliphatic rings. The maximum absolute atomic E-state index is 12.2. The highest BCUT2D eigenvalue weighted by atomic mass is 32.2. The third kappa shape index (κ3) is 3.36. The second-order valence-electron chi connectivity index (χ2n) is 4.95. The molecule has 2 atom stereocenters. The first kappa shape index (κ1) is 14.5. The molecule has 106 valence electrons. The van der Waals surface area contributed by atoms with Gasteiger partial charge in [0.05, 0.1) is 0 Å². The van der Waals surface area contributed by atoms with Crippen LogP contribution < -0.4 is 10.5 Å². The van der Waals surface area contributed by atoms with Crippen molar-refractivity contribution in [3.05, 3.63) is 29.3 Å². The van der Waals surface area contributed by atoms with Crippen LogP contribution in [0, 0.1) is 5.92 Å². The van der Waals surface area contributed by atoms with Crippen LogP contribution in [0.2, 0.25) is 0 Å². The number of fused-ring (bicyclic) bond motifs is 1. The Balaban J connectivity index is 2.28. The summed E-state index contributed by atoms with van der Waals surface area (Å²) in [6.07, 6.45) is -4.67. The van der Waals surface area contributed by atoms with Gasteiger partial charge in [-0.2, -0.15) is 11.8 Å². The molecule has 2 nitrogen and oxygen atoms in total. The van der Waals surface area contributed by atoms with E-state index in [-0.39, 0.29) is 17.0 Å². The minimum atomic E-state index is -4.67. The van der Waals surface area contributed by atoms with Crippen LogP contribution in [0.1, 0.15) is 31.0 Å². The van der Waals surface area contributed by atoms with Gasteiger partial charge < -0.3 is 10.5 Å². The van der Waals surface area contributed by atoms with Gasteiger partial charge in [0, 0.05) is 17.0 Å². The van der Waals surface area contributed by atoms with Gasteiger partial charge in [0.2, 0.25) is 0 Å². The SMILES string of the molecule is CC(C)C1SCc2ccc(OC(F)(F)F)cc2C1N. The van der Waals surface area contributed by atoms with Crippen molar-refractivity contribution < 1.29 is 17.9 Å². The van der Waals surface area contributed by atoms with Crippen LogP contribution in [0.15, 0.2) is 18.2 Å². The van der Waals surface area contributed by atoms with E-state index in [1.165, 1.54) is 12.1 Å². The van der Waals surface area contributed by atoms with Gasteiger partial charge >= 0.3 is 6.36 Å². The molecular formula is C13H16F3NOS. The number of rotatable bonds is 2. The average molecular weight is 291 g/mol. The second-order valence-corrected chi connectivity index (χ2v) is 6.12. The van der Waals surface area contributed by atoms with Crippen molar-refractivity contribution in [1.29, 1.82) is 0 Å². The van der Waals surface area contributed by atoms with Crippen molar-refractivity contribution in [3.8, 4) is 5.75 Å². The molecule has 1 aliphatic heterocycles. The lowest BCUT2D eigenvalue weighted by Gasteiger charge is -2.33. The Morgan fingerprint density at radius 2 is 2.05 bits per heavy atom. The lowest BCUT2D eigenvalue weighted by atomic mass is 9.93. The zero-order valence-electron chi connectivity index (χ0n) is 10.7. The predicted molar refractivity (Wildman–Crippen MR) is 70.0 cm³/mol. The van der Waals surface area contributed by atoms with Gasteiger partial charge in [-0.25, -0.2) is 0 Å². The summed E-state index contributed by atoms with van der Waals surface area (Å²) in [5.41, 5.74) is 7.92. The lowest BCUT2D eigenvalue weighted by Crippen LogP contribution is -2.32. The second kappa shape index (κ2) is 5.25. The first-order valence-corrected chi connectivity index (χ1v) is 7.08. The van der Waals surface area contributed by atoms with Crippen LogP contribution in [0.25, 0.3) is 0 Å². The monoisotopic (exact) mass is 291 g/mol. The molecule has 2 rings (SSSR count). The standard InChI is InChI=1S/C13H16F3NOS/c1-7(2)12-11(17)10-5-9(18-13(14,15)16)4-3-8(10)6-19-12/h3-5,7,11-12H,6,17H2,1-2H3. The van der Waals surface area contributed by atoms with E-state index in [0.717, 1.165) is 16.9 Å². The van der Waals surface area contributed by atoms with Crippen LogP contribution in [0.3, 0.4) is 0 Å². The summed E-state index contributed by atoms with van der Waals surface area (Å²) in [6, 6.07) is 4.17. The summed E-state index contributed by atoms with van der Waals surface area (Å²) >= 11 is 1.75. The fourth-order valence-electron chi connectivity index (χ4n) is 2.29. The number of alkyl halides is 3. The number of thioether (sulfide) groups is 1. The van der Waals surface area contributed by atoms with Crippen LogP contribution >= 0.6 is 11.8 Å². The minimum Gasteiger partial charge on any atom is -0.406 e. The molecule has 0 saturated heterocycles. The molecular weight excluding hydrogens is 275 g/mol. The number of nitrogens with two attached hydrogens (primary N) is 1. The van der Waals surface area contributed by atoms with Crippen molar-refractivity contribution in [2.45, 2.75) is 37.3 Å². The number of halogens is 3. The highest BCUT2D eigenvalue weighted by Gasteiger charge is 2.33.